The van der Waals surface area contributed by atoms with Crippen molar-refractivity contribution < 1.29 is 14.2 Å². The summed E-state index contributed by atoms with van der Waals surface area (Å²) in [5.41, 5.74) is 1.16. The first-order valence-electron chi connectivity index (χ1n) is 5.68. The Morgan fingerprint density at radius 1 is 1.24 bits per heavy atom. The minimum atomic E-state index is 0.00375. The minimum Gasteiger partial charge on any atom is -0.493 e. The molecule has 17 heavy (non-hydrogen) atoms. The molecule has 0 radical (unpaired) electrons. The minimum absolute atomic E-state index is 0.00375. The highest BCUT2D eigenvalue weighted by molar-refractivity contribution is 5.43. The molecule has 0 aliphatic rings. The molecule has 0 saturated heterocycles. The SMILES string of the molecule is CNCc1ccc(OC(C)COC)c(OC)c1. The molecule has 0 aromatic heterocycles. The Labute approximate surface area is 103 Å². The summed E-state index contributed by atoms with van der Waals surface area (Å²) >= 11 is 0. The third-order valence-corrected chi connectivity index (χ3v) is 2.34. The number of hydrogen-bond acceptors (Lipinski definition) is 4. The van der Waals surface area contributed by atoms with Gasteiger partial charge in [0.1, 0.15) is 6.10 Å². The lowest BCUT2D eigenvalue weighted by Gasteiger charge is -2.16. The van der Waals surface area contributed by atoms with Gasteiger partial charge in [-0.2, -0.15) is 0 Å². The molecular formula is C13H21NO3. The smallest absolute Gasteiger partial charge is 0.161 e. The summed E-state index contributed by atoms with van der Waals surface area (Å²) in [6.07, 6.45) is 0.00375. The molecule has 1 rings (SSSR count). The van der Waals surface area contributed by atoms with Gasteiger partial charge in [-0.15, -0.1) is 0 Å². The van der Waals surface area contributed by atoms with Crippen LogP contribution in [0.15, 0.2) is 18.2 Å². The van der Waals surface area contributed by atoms with E-state index in [1.54, 1.807) is 14.2 Å². The molecule has 96 valence electrons. The number of methoxy groups -OCH3 is 2. The normalized spacial score (nSPS) is 12.2. The molecule has 0 saturated carbocycles. The van der Waals surface area contributed by atoms with Crippen LogP contribution in [0.4, 0.5) is 0 Å². The highest BCUT2D eigenvalue weighted by atomic mass is 16.5. The fraction of sp³-hybridized carbons (Fsp3) is 0.538. The van der Waals surface area contributed by atoms with Crippen LogP contribution < -0.4 is 14.8 Å². The largest absolute Gasteiger partial charge is 0.493 e. The van der Waals surface area contributed by atoms with E-state index in [-0.39, 0.29) is 6.10 Å². The van der Waals surface area contributed by atoms with E-state index in [0.717, 1.165) is 23.6 Å². The standard InChI is InChI=1S/C13H21NO3/c1-10(9-15-3)17-12-6-5-11(8-14-2)7-13(12)16-4/h5-7,10,14H,8-9H2,1-4H3. The van der Waals surface area contributed by atoms with E-state index in [0.29, 0.717) is 6.61 Å². The van der Waals surface area contributed by atoms with Crippen molar-refractivity contribution in [2.24, 2.45) is 0 Å². The van der Waals surface area contributed by atoms with Crippen molar-refractivity contribution in [1.29, 1.82) is 0 Å². The van der Waals surface area contributed by atoms with E-state index < -0.39 is 0 Å². The van der Waals surface area contributed by atoms with E-state index in [2.05, 4.69) is 5.32 Å². The lowest BCUT2D eigenvalue weighted by Crippen LogP contribution is -2.18. The summed E-state index contributed by atoms with van der Waals surface area (Å²) in [5, 5.41) is 3.10. The van der Waals surface area contributed by atoms with E-state index in [1.807, 2.05) is 32.2 Å². The van der Waals surface area contributed by atoms with Crippen molar-refractivity contribution >= 4 is 0 Å². The van der Waals surface area contributed by atoms with Crippen LogP contribution in [0, 0.1) is 0 Å². The number of hydrogen-bond donors (Lipinski definition) is 1. The number of ether oxygens (including phenoxy) is 3. The maximum atomic E-state index is 5.74. The Kier molecular flexibility index (Phi) is 5.80. The Balaban J connectivity index is 2.77. The average Bonchev–Trinajstić information content (AvgIpc) is 2.31. The second-order valence-electron chi connectivity index (χ2n) is 3.90. The lowest BCUT2D eigenvalue weighted by molar-refractivity contribution is 0.0899. The third-order valence-electron chi connectivity index (χ3n) is 2.34. The van der Waals surface area contributed by atoms with Crippen LogP contribution in [-0.4, -0.2) is 34.0 Å². The van der Waals surface area contributed by atoms with Gasteiger partial charge in [0.25, 0.3) is 0 Å². The van der Waals surface area contributed by atoms with E-state index >= 15 is 0 Å². The first-order valence-corrected chi connectivity index (χ1v) is 5.68. The molecule has 0 fully saturated rings. The Morgan fingerprint density at radius 3 is 2.59 bits per heavy atom. The molecule has 1 aromatic rings. The van der Waals surface area contributed by atoms with E-state index in [4.69, 9.17) is 14.2 Å². The predicted octanol–water partition coefficient (Wildman–Crippen LogP) is 1.83. The molecule has 1 aromatic carbocycles. The van der Waals surface area contributed by atoms with Crippen LogP contribution in [0.5, 0.6) is 11.5 Å². The van der Waals surface area contributed by atoms with Gasteiger partial charge in [0.2, 0.25) is 0 Å². The molecular weight excluding hydrogens is 218 g/mol. The lowest BCUT2D eigenvalue weighted by atomic mass is 10.2. The van der Waals surface area contributed by atoms with Crippen molar-refractivity contribution in [3.63, 3.8) is 0 Å². The monoisotopic (exact) mass is 239 g/mol. The number of nitrogens with one attached hydrogen (secondary N) is 1. The maximum Gasteiger partial charge on any atom is 0.161 e. The van der Waals surface area contributed by atoms with Crippen LogP contribution >= 0.6 is 0 Å². The first-order chi connectivity index (χ1) is 8.21. The van der Waals surface area contributed by atoms with Gasteiger partial charge in [-0.1, -0.05) is 6.07 Å². The Hall–Kier alpha value is -1.26. The second kappa shape index (κ2) is 7.14. The van der Waals surface area contributed by atoms with Crippen LogP contribution in [0.2, 0.25) is 0 Å². The molecule has 0 aliphatic heterocycles. The van der Waals surface area contributed by atoms with Crippen molar-refractivity contribution in [2.45, 2.75) is 19.6 Å². The number of rotatable bonds is 7. The van der Waals surface area contributed by atoms with Gasteiger partial charge in [-0.25, -0.2) is 0 Å². The van der Waals surface area contributed by atoms with Crippen molar-refractivity contribution in [3.05, 3.63) is 23.8 Å². The van der Waals surface area contributed by atoms with Gasteiger partial charge in [0.15, 0.2) is 11.5 Å². The molecule has 1 unspecified atom stereocenters. The van der Waals surface area contributed by atoms with Crippen LogP contribution in [0.3, 0.4) is 0 Å². The van der Waals surface area contributed by atoms with Crippen molar-refractivity contribution in [2.75, 3.05) is 27.9 Å². The van der Waals surface area contributed by atoms with Gasteiger partial charge in [0.05, 0.1) is 13.7 Å². The molecule has 0 spiro atoms. The van der Waals surface area contributed by atoms with Gasteiger partial charge in [-0.3, -0.25) is 0 Å². The molecule has 4 nitrogen and oxygen atoms in total. The van der Waals surface area contributed by atoms with Crippen LogP contribution in [0.1, 0.15) is 12.5 Å². The predicted molar refractivity (Wildman–Crippen MR) is 67.7 cm³/mol. The summed E-state index contributed by atoms with van der Waals surface area (Å²) in [6.45, 7) is 3.33. The zero-order valence-corrected chi connectivity index (χ0v) is 10.9. The quantitative estimate of drug-likeness (QED) is 0.788. The summed E-state index contributed by atoms with van der Waals surface area (Å²) in [7, 11) is 5.22. The molecule has 0 amide bonds. The Bertz CT molecular complexity index is 341. The number of benzene rings is 1. The first kappa shape index (κ1) is 13.8. The zero-order chi connectivity index (χ0) is 12.7. The Morgan fingerprint density at radius 2 is 2.00 bits per heavy atom. The highest BCUT2D eigenvalue weighted by Crippen LogP contribution is 2.28. The second-order valence-corrected chi connectivity index (χ2v) is 3.90. The molecule has 4 heteroatoms. The summed E-state index contributed by atoms with van der Waals surface area (Å²) in [4.78, 5) is 0. The average molecular weight is 239 g/mol. The topological polar surface area (TPSA) is 39.7 Å². The van der Waals surface area contributed by atoms with E-state index in [9.17, 15) is 0 Å². The van der Waals surface area contributed by atoms with Crippen LogP contribution in [-0.2, 0) is 11.3 Å². The summed E-state index contributed by atoms with van der Waals surface area (Å²) < 4.78 is 16.1. The maximum absolute atomic E-state index is 5.74. The van der Waals surface area contributed by atoms with Gasteiger partial charge >= 0.3 is 0 Å². The van der Waals surface area contributed by atoms with Crippen LogP contribution in [0.25, 0.3) is 0 Å². The summed E-state index contributed by atoms with van der Waals surface area (Å²) in [5.74, 6) is 1.50. The molecule has 0 aliphatic carbocycles. The van der Waals surface area contributed by atoms with E-state index in [1.165, 1.54) is 0 Å². The zero-order valence-electron chi connectivity index (χ0n) is 10.9. The van der Waals surface area contributed by atoms with Gasteiger partial charge < -0.3 is 19.5 Å². The highest BCUT2D eigenvalue weighted by Gasteiger charge is 2.09. The van der Waals surface area contributed by atoms with Gasteiger partial charge in [-0.05, 0) is 31.7 Å². The fourth-order valence-electron chi connectivity index (χ4n) is 1.61. The van der Waals surface area contributed by atoms with Crippen molar-refractivity contribution in [3.8, 4) is 11.5 Å². The molecule has 0 bridgehead atoms. The van der Waals surface area contributed by atoms with Crippen molar-refractivity contribution in [1.82, 2.24) is 5.32 Å². The molecule has 1 N–H and O–H groups in total. The third kappa shape index (κ3) is 4.24. The molecule has 1 atom stereocenters. The fourth-order valence-corrected chi connectivity index (χ4v) is 1.61. The summed E-state index contributed by atoms with van der Waals surface area (Å²) in [6, 6.07) is 5.93. The molecule has 0 heterocycles. The van der Waals surface area contributed by atoms with Gasteiger partial charge in [0, 0.05) is 13.7 Å².